The lowest BCUT2D eigenvalue weighted by atomic mass is 10.1. The standard InChI is InChI=1S/C17H18N4O/c1-2-22-13-4-5-15-14(11-13)17(20-19-15)12-6-7-18-16(10-12)21-8-3-9-21/h4-7,10-11H,2-3,8-9H2,1H3,(H,19,20). The zero-order valence-electron chi connectivity index (χ0n) is 12.5. The van der Waals surface area contributed by atoms with Gasteiger partial charge >= 0.3 is 0 Å². The molecule has 1 saturated heterocycles. The fourth-order valence-corrected chi connectivity index (χ4v) is 2.75. The van der Waals surface area contributed by atoms with E-state index >= 15 is 0 Å². The van der Waals surface area contributed by atoms with Crippen LogP contribution in [-0.4, -0.2) is 34.9 Å². The lowest BCUT2D eigenvalue weighted by Crippen LogP contribution is -2.37. The lowest BCUT2D eigenvalue weighted by Gasteiger charge is -2.32. The summed E-state index contributed by atoms with van der Waals surface area (Å²) in [5, 5.41) is 8.65. The smallest absolute Gasteiger partial charge is 0.129 e. The van der Waals surface area contributed by atoms with Gasteiger partial charge in [-0.1, -0.05) is 0 Å². The van der Waals surface area contributed by atoms with Crippen molar-refractivity contribution < 1.29 is 4.74 Å². The van der Waals surface area contributed by atoms with Crippen LogP contribution in [0.1, 0.15) is 13.3 Å². The summed E-state index contributed by atoms with van der Waals surface area (Å²) in [5.74, 6) is 1.90. The van der Waals surface area contributed by atoms with E-state index in [-0.39, 0.29) is 0 Å². The van der Waals surface area contributed by atoms with Crippen LogP contribution in [0.25, 0.3) is 22.2 Å². The van der Waals surface area contributed by atoms with E-state index in [0.29, 0.717) is 6.61 Å². The third-order valence-electron chi connectivity index (χ3n) is 4.04. The largest absolute Gasteiger partial charge is 0.494 e. The van der Waals surface area contributed by atoms with Gasteiger partial charge in [0.2, 0.25) is 0 Å². The first-order chi connectivity index (χ1) is 10.8. The minimum Gasteiger partial charge on any atom is -0.494 e. The normalized spacial score (nSPS) is 14.1. The van der Waals surface area contributed by atoms with Crippen molar-refractivity contribution in [3.63, 3.8) is 0 Å². The Kier molecular flexibility index (Phi) is 3.18. The molecule has 0 saturated carbocycles. The molecule has 0 spiro atoms. The molecule has 0 bridgehead atoms. The van der Waals surface area contributed by atoms with Gasteiger partial charge in [-0.15, -0.1) is 0 Å². The number of aromatic nitrogens is 3. The number of H-pyrrole nitrogens is 1. The van der Waals surface area contributed by atoms with Crippen LogP contribution in [-0.2, 0) is 0 Å². The first-order valence-corrected chi connectivity index (χ1v) is 7.67. The second-order valence-electron chi connectivity index (χ2n) is 5.46. The number of anilines is 1. The highest BCUT2D eigenvalue weighted by atomic mass is 16.5. The summed E-state index contributed by atoms with van der Waals surface area (Å²) in [6, 6.07) is 10.1. The second kappa shape index (κ2) is 5.33. The van der Waals surface area contributed by atoms with Crippen molar-refractivity contribution in [1.82, 2.24) is 15.2 Å². The average molecular weight is 294 g/mol. The van der Waals surface area contributed by atoms with Gasteiger partial charge < -0.3 is 9.64 Å². The summed E-state index contributed by atoms with van der Waals surface area (Å²) < 4.78 is 5.60. The molecule has 3 aromatic rings. The van der Waals surface area contributed by atoms with Crippen LogP contribution in [0.2, 0.25) is 0 Å². The predicted molar refractivity (Wildman–Crippen MR) is 87.3 cm³/mol. The van der Waals surface area contributed by atoms with Crippen molar-refractivity contribution in [1.29, 1.82) is 0 Å². The molecule has 4 rings (SSSR count). The Morgan fingerprint density at radius 3 is 2.91 bits per heavy atom. The van der Waals surface area contributed by atoms with Crippen LogP contribution in [0.3, 0.4) is 0 Å². The zero-order valence-corrected chi connectivity index (χ0v) is 12.5. The molecule has 112 valence electrons. The number of nitrogens with one attached hydrogen (secondary N) is 1. The summed E-state index contributed by atoms with van der Waals surface area (Å²) in [4.78, 5) is 6.74. The van der Waals surface area contributed by atoms with Crippen molar-refractivity contribution in [2.45, 2.75) is 13.3 Å². The van der Waals surface area contributed by atoms with Crippen molar-refractivity contribution in [3.05, 3.63) is 36.5 Å². The number of aromatic amines is 1. The Bertz CT molecular complexity index is 807. The zero-order chi connectivity index (χ0) is 14.9. The number of fused-ring (bicyclic) bond motifs is 1. The van der Waals surface area contributed by atoms with Crippen molar-refractivity contribution in [2.75, 3.05) is 24.6 Å². The van der Waals surface area contributed by atoms with Crippen LogP contribution >= 0.6 is 0 Å². The van der Waals surface area contributed by atoms with Gasteiger partial charge in [0.1, 0.15) is 17.3 Å². The number of pyridine rings is 1. The molecule has 22 heavy (non-hydrogen) atoms. The molecular weight excluding hydrogens is 276 g/mol. The van der Waals surface area contributed by atoms with Crippen LogP contribution in [0.4, 0.5) is 5.82 Å². The highest BCUT2D eigenvalue weighted by Gasteiger charge is 2.17. The maximum Gasteiger partial charge on any atom is 0.129 e. The van der Waals surface area contributed by atoms with Gasteiger partial charge in [-0.2, -0.15) is 5.10 Å². The van der Waals surface area contributed by atoms with Gasteiger partial charge in [-0.25, -0.2) is 4.98 Å². The molecule has 0 amide bonds. The van der Waals surface area contributed by atoms with Gasteiger partial charge in [0.05, 0.1) is 12.1 Å². The van der Waals surface area contributed by atoms with Gasteiger partial charge in [0.15, 0.2) is 0 Å². The van der Waals surface area contributed by atoms with Gasteiger partial charge in [0.25, 0.3) is 0 Å². The number of benzene rings is 1. The molecule has 1 N–H and O–H groups in total. The summed E-state index contributed by atoms with van der Waals surface area (Å²) in [6.45, 7) is 4.83. The molecule has 3 heterocycles. The maximum atomic E-state index is 5.60. The predicted octanol–water partition coefficient (Wildman–Crippen LogP) is 3.23. The molecule has 0 radical (unpaired) electrons. The van der Waals surface area contributed by atoms with E-state index in [2.05, 4.69) is 26.1 Å². The van der Waals surface area contributed by atoms with Gasteiger partial charge in [0, 0.05) is 30.2 Å². The Morgan fingerprint density at radius 1 is 1.23 bits per heavy atom. The Labute approximate surface area is 128 Å². The lowest BCUT2D eigenvalue weighted by molar-refractivity contribution is 0.341. The van der Waals surface area contributed by atoms with E-state index in [0.717, 1.165) is 46.8 Å². The van der Waals surface area contributed by atoms with E-state index in [4.69, 9.17) is 4.74 Å². The summed E-state index contributed by atoms with van der Waals surface area (Å²) >= 11 is 0. The molecule has 2 aromatic heterocycles. The minimum atomic E-state index is 0.660. The maximum absolute atomic E-state index is 5.60. The van der Waals surface area contributed by atoms with Crippen LogP contribution in [0, 0.1) is 0 Å². The number of nitrogens with zero attached hydrogens (tertiary/aromatic N) is 3. The molecular formula is C17H18N4O. The van der Waals surface area contributed by atoms with Gasteiger partial charge in [-0.3, -0.25) is 5.10 Å². The van der Waals surface area contributed by atoms with E-state index in [1.165, 1.54) is 6.42 Å². The molecule has 5 nitrogen and oxygen atoms in total. The number of hydrogen-bond acceptors (Lipinski definition) is 4. The number of rotatable bonds is 4. The Morgan fingerprint density at radius 2 is 2.14 bits per heavy atom. The minimum absolute atomic E-state index is 0.660. The molecule has 5 heteroatoms. The van der Waals surface area contributed by atoms with E-state index < -0.39 is 0 Å². The van der Waals surface area contributed by atoms with Crippen LogP contribution in [0.5, 0.6) is 5.75 Å². The summed E-state index contributed by atoms with van der Waals surface area (Å²) in [6.07, 6.45) is 3.10. The highest BCUT2D eigenvalue weighted by molar-refractivity contribution is 5.94. The monoisotopic (exact) mass is 294 g/mol. The first kappa shape index (κ1) is 13.1. The number of ether oxygens (including phenoxy) is 1. The molecule has 0 atom stereocenters. The molecule has 0 aliphatic carbocycles. The molecule has 1 aliphatic heterocycles. The molecule has 1 aromatic carbocycles. The third-order valence-corrected chi connectivity index (χ3v) is 4.04. The Balaban J connectivity index is 1.78. The average Bonchev–Trinajstić information content (AvgIpc) is 2.89. The summed E-state index contributed by atoms with van der Waals surface area (Å²) in [5.41, 5.74) is 3.04. The first-order valence-electron chi connectivity index (χ1n) is 7.67. The number of hydrogen-bond donors (Lipinski definition) is 1. The van der Waals surface area contributed by atoms with E-state index in [1.807, 2.05) is 37.4 Å². The highest BCUT2D eigenvalue weighted by Crippen LogP contribution is 2.31. The van der Waals surface area contributed by atoms with Crippen molar-refractivity contribution in [2.24, 2.45) is 0 Å². The second-order valence-corrected chi connectivity index (χ2v) is 5.46. The molecule has 0 unspecified atom stereocenters. The van der Waals surface area contributed by atoms with Crippen LogP contribution < -0.4 is 9.64 Å². The van der Waals surface area contributed by atoms with Gasteiger partial charge in [-0.05, 0) is 43.7 Å². The van der Waals surface area contributed by atoms with E-state index in [9.17, 15) is 0 Å². The fraction of sp³-hybridized carbons (Fsp3) is 0.294. The molecule has 1 fully saturated rings. The topological polar surface area (TPSA) is 54.0 Å². The third kappa shape index (κ3) is 2.19. The Hall–Kier alpha value is -2.56. The quantitative estimate of drug-likeness (QED) is 0.802. The van der Waals surface area contributed by atoms with Crippen molar-refractivity contribution in [3.8, 4) is 17.0 Å². The fourth-order valence-electron chi connectivity index (χ4n) is 2.75. The van der Waals surface area contributed by atoms with Crippen LogP contribution in [0.15, 0.2) is 36.5 Å². The molecule has 1 aliphatic rings. The van der Waals surface area contributed by atoms with Crippen molar-refractivity contribution >= 4 is 16.7 Å². The van der Waals surface area contributed by atoms with E-state index in [1.54, 1.807) is 0 Å². The SMILES string of the molecule is CCOc1ccc2[nH]nc(-c3ccnc(N4CCC4)c3)c2c1. The summed E-state index contributed by atoms with van der Waals surface area (Å²) in [7, 11) is 0.